The summed E-state index contributed by atoms with van der Waals surface area (Å²) < 4.78 is 33.1. The fourth-order valence-electron chi connectivity index (χ4n) is 5.05. The minimum absolute atomic E-state index is 0.0353. The maximum absolute atomic E-state index is 13.0. The zero-order valence-electron chi connectivity index (χ0n) is 23.9. The van der Waals surface area contributed by atoms with Gasteiger partial charge in [-0.3, -0.25) is 9.78 Å². The Bertz CT molecular complexity index is 1380. The van der Waals surface area contributed by atoms with Gasteiger partial charge < -0.3 is 20.3 Å². The molecule has 0 aliphatic heterocycles. The van der Waals surface area contributed by atoms with Crippen LogP contribution in [-0.4, -0.2) is 61.1 Å². The summed E-state index contributed by atoms with van der Waals surface area (Å²) >= 11 is 0. The van der Waals surface area contributed by atoms with Gasteiger partial charge in [0.25, 0.3) is 5.91 Å². The maximum Gasteiger partial charge on any atom is 0.268 e. The van der Waals surface area contributed by atoms with E-state index in [2.05, 4.69) is 27.2 Å². The van der Waals surface area contributed by atoms with Crippen LogP contribution in [0.25, 0.3) is 11.1 Å². The molecule has 1 amide bonds. The largest absolute Gasteiger partial charge is 0.490 e. The first kappa shape index (κ1) is 31.6. The van der Waals surface area contributed by atoms with Crippen molar-refractivity contribution in [2.75, 3.05) is 25.4 Å². The smallest absolute Gasteiger partial charge is 0.268 e. The first-order valence-corrected chi connectivity index (χ1v) is 16.3. The molecule has 0 spiro atoms. The Balaban J connectivity index is 1.43. The van der Waals surface area contributed by atoms with E-state index in [1.165, 1.54) is 0 Å². The van der Waals surface area contributed by atoms with Gasteiger partial charge in [-0.2, -0.15) is 0 Å². The molecule has 1 aliphatic rings. The van der Waals surface area contributed by atoms with E-state index in [9.17, 15) is 18.3 Å². The Morgan fingerprint density at radius 3 is 2.45 bits per heavy atom. The summed E-state index contributed by atoms with van der Waals surface area (Å²) in [6.07, 6.45) is 9.74. The number of aliphatic hydroxyl groups is 2. The molecule has 10 heteroatoms. The van der Waals surface area contributed by atoms with Crippen molar-refractivity contribution in [1.29, 1.82) is 0 Å². The van der Waals surface area contributed by atoms with E-state index in [-0.39, 0.29) is 30.4 Å². The van der Waals surface area contributed by atoms with Crippen molar-refractivity contribution in [2.45, 2.75) is 63.6 Å². The lowest BCUT2D eigenvalue weighted by molar-refractivity contribution is 0.0972. The molecule has 2 aromatic carbocycles. The second kappa shape index (κ2) is 15.8. The van der Waals surface area contributed by atoms with Crippen molar-refractivity contribution in [2.24, 2.45) is 0 Å². The molecule has 1 heterocycles. The third kappa shape index (κ3) is 9.62. The summed E-state index contributed by atoms with van der Waals surface area (Å²) in [6.45, 7) is 0.877. The minimum Gasteiger partial charge on any atom is -0.490 e. The number of rotatable bonds is 14. The van der Waals surface area contributed by atoms with Gasteiger partial charge in [0.1, 0.15) is 5.75 Å². The maximum atomic E-state index is 13.0. The molecule has 1 aromatic heterocycles. The van der Waals surface area contributed by atoms with Crippen LogP contribution >= 0.6 is 0 Å². The molecule has 0 radical (unpaired) electrons. The molecule has 0 bridgehead atoms. The number of nitrogens with zero attached hydrogens (tertiary/aromatic N) is 1. The number of aliphatic hydroxyl groups excluding tert-OH is 2. The average molecular weight is 596 g/mol. The molecule has 4 rings (SSSR count). The standard InChI is InChI=1S/C32H41N3O6S/c36-19-6-20-42(39,40)35-32(38)29-15-14-26(21-31(29)41-28-8-3-1-2-4-9-28)25-12-10-24(11-13-25)16-18-34-23-30(37)27-7-5-17-33-22-27/h5,7,10-15,17,21-22,28,30,34,36-37H,1-4,6,8-9,16,18-20,23H2,(H,35,38)/t30-/m0/s1. The van der Waals surface area contributed by atoms with Crippen molar-refractivity contribution < 1.29 is 28.2 Å². The molecule has 9 nitrogen and oxygen atoms in total. The quantitative estimate of drug-likeness (QED) is 0.161. The van der Waals surface area contributed by atoms with Gasteiger partial charge in [-0.15, -0.1) is 0 Å². The molecule has 1 atom stereocenters. The minimum atomic E-state index is -3.88. The molecular weight excluding hydrogens is 554 g/mol. The highest BCUT2D eigenvalue weighted by Gasteiger charge is 2.22. The summed E-state index contributed by atoms with van der Waals surface area (Å²) in [6, 6.07) is 17.0. The molecular formula is C32H41N3O6S. The lowest BCUT2D eigenvalue weighted by Crippen LogP contribution is -2.33. The Morgan fingerprint density at radius 2 is 1.76 bits per heavy atom. The molecule has 42 heavy (non-hydrogen) atoms. The van der Waals surface area contributed by atoms with Crippen LogP contribution in [0.1, 0.15) is 72.5 Å². The Labute approximate surface area is 248 Å². The highest BCUT2D eigenvalue weighted by Crippen LogP contribution is 2.31. The van der Waals surface area contributed by atoms with Gasteiger partial charge >= 0.3 is 0 Å². The predicted octanol–water partition coefficient (Wildman–Crippen LogP) is 4.16. The van der Waals surface area contributed by atoms with Gasteiger partial charge in [0.05, 0.1) is 23.5 Å². The van der Waals surface area contributed by atoms with Crippen LogP contribution in [0.3, 0.4) is 0 Å². The summed E-state index contributed by atoms with van der Waals surface area (Å²) in [5.74, 6) is -0.701. The monoisotopic (exact) mass is 595 g/mol. The van der Waals surface area contributed by atoms with E-state index in [1.807, 2.05) is 24.3 Å². The second-order valence-corrected chi connectivity index (χ2v) is 12.6. The summed E-state index contributed by atoms with van der Waals surface area (Å²) in [4.78, 5) is 17.1. The van der Waals surface area contributed by atoms with Crippen molar-refractivity contribution in [3.8, 4) is 16.9 Å². The molecule has 1 saturated carbocycles. The summed E-state index contributed by atoms with van der Waals surface area (Å²) in [5, 5.41) is 22.6. The zero-order valence-corrected chi connectivity index (χ0v) is 24.7. The highest BCUT2D eigenvalue weighted by molar-refractivity contribution is 7.90. The summed E-state index contributed by atoms with van der Waals surface area (Å²) in [5.41, 5.74) is 3.91. The van der Waals surface area contributed by atoms with Gasteiger partial charge in [-0.05, 0) is 80.0 Å². The van der Waals surface area contributed by atoms with E-state index < -0.39 is 22.0 Å². The van der Waals surface area contributed by atoms with Gasteiger partial charge in [0.2, 0.25) is 10.0 Å². The van der Waals surface area contributed by atoms with Crippen molar-refractivity contribution in [3.63, 3.8) is 0 Å². The molecule has 226 valence electrons. The van der Waals surface area contributed by atoms with Crippen LogP contribution in [0.4, 0.5) is 0 Å². The average Bonchev–Trinajstić information content (AvgIpc) is 3.27. The van der Waals surface area contributed by atoms with Crippen molar-refractivity contribution in [3.05, 3.63) is 83.7 Å². The van der Waals surface area contributed by atoms with Crippen molar-refractivity contribution >= 4 is 15.9 Å². The number of amides is 1. The third-order valence-corrected chi connectivity index (χ3v) is 8.75. The van der Waals surface area contributed by atoms with Crippen LogP contribution in [0.5, 0.6) is 5.75 Å². The molecule has 4 N–H and O–H groups in total. The number of hydrogen-bond acceptors (Lipinski definition) is 8. The predicted molar refractivity (Wildman–Crippen MR) is 163 cm³/mol. The molecule has 3 aromatic rings. The first-order valence-electron chi connectivity index (χ1n) is 14.7. The SMILES string of the molecule is O=C(NS(=O)(=O)CCCO)c1ccc(-c2ccc(CCNC[C@H](O)c3cccnc3)cc2)cc1OC1CCCCCC1. The van der Waals surface area contributed by atoms with Crippen LogP contribution in [0, 0.1) is 0 Å². The van der Waals surface area contributed by atoms with Gasteiger partial charge in [0.15, 0.2) is 0 Å². The second-order valence-electron chi connectivity index (χ2n) is 10.7. The van der Waals surface area contributed by atoms with E-state index in [0.29, 0.717) is 18.8 Å². The van der Waals surface area contributed by atoms with Crippen LogP contribution in [0.2, 0.25) is 0 Å². The lowest BCUT2D eigenvalue weighted by atomic mass is 10.0. The lowest BCUT2D eigenvalue weighted by Gasteiger charge is -2.20. The molecule has 0 saturated heterocycles. The number of carbonyl (C=O) groups is 1. The van der Waals surface area contributed by atoms with Crippen LogP contribution in [-0.2, 0) is 16.4 Å². The molecule has 1 aliphatic carbocycles. The Hall–Kier alpha value is -3.31. The van der Waals surface area contributed by atoms with E-state index in [1.54, 1.807) is 30.6 Å². The topological polar surface area (TPSA) is 138 Å². The zero-order chi connectivity index (χ0) is 29.8. The molecule has 1 fully saturated rings. The van der Waals surface area contributed by atoms with Gasteiger partial charge in [-0.1, -0.05) is 49.2 Å². The number of carbonyl (C=O) groups excluding carboxylic acids is 1. The van der Waals surface area contributed by atoms with Crippen LogP contribution < -0.4 is 14.8 Å². The Kier molecular flexibility index (Phi) is 11.9. The number of sulfonamides is 1. The number of hydrogen-bond donors (Lipinski definition) is 4. The number of nitrogens with one attached hydrogen (secondary N) is 2. The number of pyridine rings is 1. The molecule has 0 unspecified atom stereocenters. The number of benzene rings is 2. The number of ether oxygens (including phenoxy) is 1. The Morgan fingerprint density at radius 1 is 1.02 bits per heavy atom. The van der Waals surface area contributed by atoms with Crippen LogP contribution in [0.15, 0.2) is 67.0 Å². The van der Waals surface area contributed by atoms with E-state index in [4.69, 9.17) is 9.84 Å². The van der Waals surface area contributed by atoms with Gasteiger partial charge in [0, 0.05) is 31.1 Å². The van der Waals surface area contributed by atoms with Gasteiger partial charge in [-0.25, -0.2) is 13.1 Å². The van der Waals surface area contributed by atoms with Crippen molar-refractivity contribution in [1.82, 2.24) is 15.0 Å². The summed E-state index contributed by atoms with van der Waals surface area (Å²) in [7, 11) is -3.88. The fraction of sp³-hybridized carbons (Fsp3) is 0.438. The van der Waals surface area contributed by atoms with E-state index >= 15 is 0 Å². The highest BCUT2D eigenvalue weighted by atomic mass is 32.2. The normalized spacial score (nSPS) is 15.1. The fourth-order valence-corrected chi connectivity index (χ4v) is 6.06. The first-order chi connectivity index (χ1) is 20.3. The number of aromatic nitrogens is 1. The third-order valence-electron chi connectivity index (χ3n) is 7.43. The van der Waals surface area contributed by atoms with E-state index in [0.717, 1.165) is 67.2 Å².